The summed E-state index contributed by atoms with van der Waals surface area (Å²) in [6.07, 6.45) is 1.69. The second-order valence-corrected chi connectivity index (χ2v) is 5.93. The van der Waals surface area contributed by atoms with Crippen molar-refractivity contribution < 1.29 is 9.53 Å². The van der Waals surface area contributed by atoms with Crippen molar-refractivity contribution in [2.45, 2.75) is 20.8 Å². The third-order valence-electron chi connectivity index (χ3n) is 3.32. The van der Waals surface area contributed by atoms with E-state index in [1.165, 1.54) is 0 Å². The van der Waals surface area contributed by atoms with Crippen molar-refractivity contribution in [3.05, 3.63) is 12.3 Å². The Labute approximate surface area is 119 Å². The molecule has 0 aliphatic carbocycles. The van der Waals surface area contributed by atoms with E-state index in [1.807, 2.05) is 25.7 Å². The van der Waals surface area contributed by atoms with Crippen LogP contribution in [0.2, 0.25) is 0 Å². The van der Waals surface area contributed by atoms with Gasteiger partial charge in [-0.15, -0.1) is 0 Å². The van der Waals surface area contributed by atoms with Gasteiger partial charge >= 0.3 is 0 Å². The van der Waals surface area contributed by atoms with E-state index >= 15 is 0 Å². The van der Waals surface area contributed by atoms with Crippen LogP contribution in [0.4, 0.5) is 5.95 Å². The van der Waals surface area contributed by atoms with Crippen molar-refractivity contribution in [3.63, 3.8) is 0 Å². The molecule has 0 aromatic carbocycles. The lowest BCUT2D eigenvalue weighted by Crippen LogP contribution is -2.52. The van der Waals surface area contributed by atoms with E-state index in [0.717, 1.165) is 13.1 Å². The number of hydrogen-bond donors (Lipinski definition) is 0. The maximum Gasteiger partial charge on any atom is 0.228 e. The highest BCUT2D eigenvalue weighted by atomic mass is 16.5. The molecule has 110 valence electrons. The minimum atomic E-state index is -0.325. The van der Waals surface area contributed by atoms with Gasteiger partial charge in [-0.2, -0.15) is 4.98 Å². The summed E-state index contributed by atoms with van der Waals surface area (Å²) in [4.78, 5) is 24.8. The third kappa shape index (κ3) is 3.18. The summed E-state index contributed by atoms with van der Waals surface area (Å²) in [5.74, 6) is 1.42. The smallest absolute Gasteiger partial charge is 0.228 e. The molecule has 1 aromatic heterocycles. The number of carbonyl (C=O) groups is 1. The lowest BCUT2D eigenvalue weighted by molar-refractivity contribution is -0.139. The summed E-state index contributed by atoms with van der Waals surface area (Å²) in [7, 11) is 1.59. The summed E-state index contributed by atoms with van der Waals surface area (Å²) in [6.45, 7) is 8.75. The molecule has 6 heteroatoms. The highest BCUT2D eigenvalue weighted by Crippen LogP contribution is 2.20. The maximum atomic E-state index is 12.2. The Balaban J connectivity index is 1.99. The van der Waals surface area contributed by atoms with Crippen molar-refractivity contribution >= 4 is 11.9 Å². The monoisotopic (exact) mass is 278 g/mol. The van der Waals surface area contributed by atoms with E-state index in [0.29, 0.717) is 24.9 Å². The average Bonchev–Trinajstić information content (AvgIpc) is 2.46. The molecule has 0 N–H and O–H groups in total. The number of amides is 1. The Bertz CT molecular complexity index is 476. The first kappa shape index (κ1) is 14.6. The summed E-state index contributed by atoms with van der Waals surface area (Å²) in [6, 6.07) is 1.73. The minimum absolute atomic E-state index is 0.198. The molecule has 0 saturated carbocycles. The van der Waals surface area contributed by atoms with Gasteiger partial charge in [0.15, 0.2) is 0 Å². The molecule has 0 unspecified atom stereocenters. The van der Waals surface area contributed by atoms with Gasteiger partial charge in [-0.1, -0.05) is 20.8 Å². The molecule has 1 aliphatic rings. The lowest BCUT2D eigenvalue weighted by Gasteiger charge is -2.37. The van der Waals surface area contributed by atoms with E-state index < -0.39 is 0 Å². The van der Waals surface area contributed by atoms with Gasteiger partial charge < -0.3 is 14.5 Å². The molecule has 0 bridgehead atoms. The SMILES string of the molecule is COc1ccnc(N2CCN(C(=O)C(C)(C)C)CC2)n1. The van der Waals surface area contributed by atoms with Crippen LogP contribution < -0.4 is 9.64 Å². The molecule has 0 radical (unpaired) electrons. The highest BCUT2D eigenvalue weighted by Gasteiger charge is 2.30. The normalized spacial score (nSPS) is 16.2. The molecule has 1 aliphatic heterocycles. The van der Waals surface area contributed by atoms with E-state index in [1.54, 1.807) is 19.4 Å². The molecule has 20 heavy (non-hydrogen) atoms. The molecule has 0 spiro atoms. The van der Waals surface area contributed by atoms with Crippen LogP contribution in [0, 0.1) is 5.41 Å². The fraction of sp³-hybridized carbons (Fsp3) is 0.643. The predicted octanol–water partition coefficient (Wildman–Crippen LogP) is 1.18. The Morgan fingerprint density at radius 1 is 1.25 bits per heavy atom. The Morgan fingerprint density at radius 3 is 2.45 bits per heavy atom. The molecule has 6 nitrogen and oxygen atoms in total. The molecule has 1 aromatic rings. The van der Waals surface area contributed by atoms with Gasteiger partial charge in [0.05, 0.1) is 7.11 Å². The number of hydrogen-bond acceptors (Lipinski definition) is 5. The van der Waals surface area contributed by atoms with Gasteiger partial charge in [-0.3, -0.25) is 4.79 Å². The summed E-state index contributed by atoms with van der Waals surface area (Å²) in [5, 5.41) is 0. The summed E-state index contributed by atoms with van der Waals surface area (Å²) < 4.78 is 5.11. The Kier molecular flexibility index (Phi) is 4.11. The number of aromatic nitrogens is 2. The van der Waals surface area contributed by atoms with Crippen molar-refractivity contribution in [1.29, 1.82) is 0 Å². The predicted molar refractivity (Wildman–Crippen MR) is 76.8 cm³/mol. The number of anilines is 1. The topological polar surface area (TPSA) is 58.6 Å². The van der Waals surface area contributed by atoms with Crippen LogP contribution in [0.5, 0.6) is 5.88 Å². The number of nitrogens with zero attached hydrogens (tertiary/aromatic N) is 4. The Hall–Kier alpha value is -1.85. The summed E-state index contributed by atoms with van der Waals surface area (Å²) >= 11 is 0. The molecule has 2 heterocycles. The number of methoxy groups -OCH3 is 1. The van der Waals surface area contributed by atoms with Crippen molar-refractivity contribution in [1.82, 2.24) is 14.9 Å². The van der Waals surface area contributed by atoms with E-state index in [4.69, 9.17) is 4.74 Å². The zero-order valence-corrected chi connectivity index (χ0v) is 12.6. The van der Waals surface area contributed by atoms with Gasteiger partial charge in [-0.25, -0.2) is 4.98 Å². The zero-order valence-electron chi connectivity index (χ0n) is 12.6. The van der Waals surface area contributed by atoms with Crippen LogP contribution in [0.25, 0.3) is 0 Å². The molecule has 1 amide bonds. The molecule has 1 saturated heterocycles. The largest absolute Gasteiger partial charge is 0.481 e. The number of piperazine rings is 1. The van der Waals surface area contributed by atoms with E-state index in [-0.39, 0.29) is 11.3 Å². The van der Waals surface area contributed by atoms with Crippen LogP contribution >= 0.6 is 0 Å². The molecule has 1 fully saturated rings. The second-order valence-electron chi connectivity index (χ2n) is 5.93. The molecule has 0 atom stereocenters. The number of carbonyl (C=O) groups excluding carboxylic acids is 1. The van der Waals surface area contributed by atoms with Gasteiger partial charge in [0.1, 0.15) is 0 Å². The molecular formula is C14H22N4O2. The van der Waals surface area contributed by atoms with E-state index in [9.17, 15) is 4.79 Å². The van der Waals surface area contributed by atoms with Crippen LogP contribution in [-0.4, -0.2) is 54.1 Å². The lowest BCUT2D eigenvalue weighted by atomic mass is 9.94. The van der Waals surface area contributed by atoms with Crippen molar-refractivity contribution in [2.24, 2.45) is 5.41 Å². The van der Waals surface area contributed by atoms with Crippen LogP contribution in [0.1, 0.15) is 20.8 Å². The minimum Gasteiger partial charge on any atom is -0.481 e. The quantitative estimate of drug-likeness (QED) is 0.813. The van der Waals surface area contributed by atoms with Gasteiger partial charge in [-0.05, 0) is 0 Å². The number of ether oxygens (including phenoxy) is 1. The van der Waals surface area contributed by atoms with Crippen LogP contribution in [0.3, 0.4) is 0 Å². The van der Waals surface area contributed by atoms with Crippen molar-refractivity contribution in [2.75, 3.05) is 38.2 Å². The third-order valence-corrected chi connectivity index (χ3v) is 3.32. The van der Waals surface area contributed by atoms with E-state index in [2.05, 4.69) is 14.9 Å². The fourth-order valence-corrected chi connectivity index (χ4v) is 2.18. The average molecular weight is 278 g/mol. The second kappa shape index (κ2) is 5.64. The standard InChI is InChI=1S/C14H22N4O2/c1-14(2,3)12(19)17-7-9-18(10-8-17)13-15-6-5-11(16-13)20-4/h5-6H,7-10H2,1-4H3. The molecular weight excluding hydrogens is 256 g/mol. The fourth-order valence-electron chi connectivity index (χ4n) is 2.18. The van der Waals surface area contributed by atoms with Crippen molar-refractivity contribution in [3.8, 4) is 5.88 Å². The van der Waals surface area contributed by atoms with Gasteiger partial charge in [0.2, 0.25) is 17.7 Å². The number of rotatable bonds is 2. The highest BCUT2D eigenvalue weighted by molar-refractivity contribution is 5.81. The van der Waals surface area contributed by atoms with Crippen LogP contribution in [0.15, 0.2) is 12.3 Å². The Morgan fingerprint density at radius 2 is 1.90 bits per heavy atom. The first-order valence-electron chi connectivity index (χ1n) is 6.83. The maximum absolute atomic E-state index is 12.2. The molecule has 2 rings (SSSR count). The zero-order chi connectivity index (χ0) is 14.8. The van der Waals surface area contributed by atoms with Gasteiger partial charge in [0.25, 0.3) is 0 Å². The van der Waals surface area contributed by atoms with Gasteiger partial charge in [0, 0.05) is 43.9 Å². The summed E-state index contributed by atoms with van der Waals surface area (Å²) in [5.41, 5.74) is -0.325. The first-order valence-corrected chi connectivity index (χ1v) is 6.83. The first-order chi connectivity index (χ1) is 9.41. The van der Waals surface area contributed by atoms with Crippen LogP contribution in [-0.2, 0) is 4.79 Å².